The van der Waals surface area contributed by atoms with Gasteiger partial charge < -0.3 is 21.5 Å². The third kappa shape index (κ3) is 5.44. The highest BCUT2D eigenvalue weighted by Crippen LogP contribution is 2.44. The SMILES string of the molecule is NCC(=O)Nc1ncc(C2=C(C(=O)O)N3C(=O)C(NC(=O)CSc4ccc(Cl)c(Cl)c4)C3SC2)s1. The first kappa shape index (κ1) is 25.8. The van der Waals surface area contributed by atoms with Crippen LogP contribution in [-0.2, 0) is 19.2 Å². The largest absolute Gasteiger partial charge is 0.477 e. The Bertz CT molecular complexity index is 1250. The zero-order valence-corrected chi connectivity index (χ0v) is 21.6. The van der Waals surface area contributed by atoms with E-state index in [1.165, 1.54) is 34.6 Å². The van der Waals surface area contributed by atoms with Crippen molar-refractivity contribution in [2.45, 2.75) is 16.3 Å². The highest BCUT2D eigenvalue weighted by Gasteiger charge is 2.54. The molecule has 2 aliphatic rings. The molecule has 2 unspecified atom stereocenters. The van der Waals surface area contributed by atoms with E-state index in [2.05, 4.69) is 15.6 Å². The molecule has 0 aliphatic carbocycles. The Morgan fingerprint density at radius 3 is 2.71 bits per heavy atom. The lowest BCUT2D eigenvalue weighted by Gasteiger charge is -2.49. The van der Waals surface area contributed by atoms with Gasteiger partial charge in [0.15, 0.2) is 5.13 Å². The highest BCUT2D eigenvalue weighted by atomic mass is 35.5. The molecule has 1 saturated heterocycles. The van der Waals surface area contributed by atoms with Gasteiger partial charge >= 0.3 is 5.97 Å². The predicted molar refractivity (Wildman–Crippen MR) is 137 cm³/mol. The molecular formula is C20H17Cl2N5O5S3. The van der Waals surface area contributed by atoms with Gasteiger partial charge in [-0.25, -0.2) is 9.78 Å². The third-order valence-corrected chi connectivity index (χ3v) is 8.97. The molecular weight excluding hydrogens is 557 g/mol. The van der Waals surface area contributed by atoms with Crippen molar-refractivity contribution in [2.24, 2.45) is 5.73 Å². The van der Waals surface area contributed by atoms with Crippen LogP contribution in [0.4, 0.5) is 5.13 Å². The summed E-state index contributed by atoms with van der Waals surface area (Å²) >= 11 is 15.5. The summed E-state index contributed by atoms with van der Waals surface area (Å²) in [6.45, 7) is -0.211. The average molecular weight is 574 g/mol. The molecule has 2 aromatic rings. The molecule has 1 fully saturated rings. The van der Waals surface area contributed by atoms with E-state index in [1.807, 2.05) is 0 Å². The number of aliphatic carboxylic acids is 1. The lowest BCUT2D eigenvalue weighted by atomic mass is 10.0. The second-order valence-electron chi connectivity index (χ2n) is 7.23. The Kier molecular flexibility index (Phi) is 7.93. The van der Waals surface area contributed by atoms with Gasteiger partial charge in [0.25, 0.3) is 5.91 Å². The van der Waals surface area contributed by atoms with Crippen LogP contribution in [0.15, 0.2) is 35.0 Å². The minimum Gasteiger partial charge on any atom is -0.477 e. The highest BCUT2D eigenvalue weighted by molar-refractivity contribution is 8.00. The number of rotatable bonds is 8. The van der Waals surface area contributed by atoms with Crippen molar-refractivity contribution in [2.75, 3.05) is 23.4 Å². The first-order chi connectivity index (χ1) is 16.7. The molecule has 3 amide bonds. The van der Waals surface area contributed by atoms with E-state index < -0.39 is 29.2 Å². The van der Waals surface area contributed by atoms with Crippen molar-refractivity contribution in [3.8, 4) is 0 Å². The van der Waals surface area contributed by atoms with Crippen LogP contribution in [0.3, 0.4) is 0 Å². The van der Waals surface area contributed by atoms with E-state index >= 15 is 0 Å². The fourth-order valence-electron chi connectivity index (χ4n) is 3.38. The maximum atomic E-state index is 12.8. The van der Waals surface area contributed by atoms with Gasteiger partial charge in [-0.1, -0.05) is 34.5 Å². The van der Waals surface area contributed by atoms with Crippen molar-refractivity contribution in [3.05, 3.63) is 45.0 Å². The summed E-state index contributed by atoms with van der Waals surface area (Å²) in [5.41, 5.74) is 5.54. The van der Waals surface area contributed by atoms with Crippen molar-refractivity contribution in [1.82, 2.24) is 15.2 Å². The fraction of sp³-hybridized carbons (Fsp3) is 0.250. The van der Waals surface area contributed by atoms with E-state index in [4.69, 9.17) is 28.9 Å². The van der Waals surface area contributed by atoms with E-state index in [9.17, 15) is 24.3 Å². The molecule has 0 bridgehead atoms. The average Bonchev–Trinajstić information content (AvgIpc) is 3.30. The van der Waals surface area contributed by atoms with Gasteiger partial charge in [-0.05, 0) is 18.2 Å². The monoisotopic (exact) mass is 573 g/mol. The number of hydrogen-bond acceptors (Lipinski definition) is 9. The number of thioether (sulfide) groups is 2. The van der Waals surface area contributed by atoms with Crippen molar-refractivity contribution in [3.63, 3.8) is 0 Å². The van der Waals surface area contributed by atoms with E-state index in [0.717, 1.165) is 16.2 Å². The molecule has 5 N–H and O–H groups in total. The summed E-state index contributed by atoms with van der Waals surface area (Å²) in [6.07, 6.45) is 1.44. The maximum absolute atomic E-state index is 12.8. The number of aromatic nitrogens is 1. The molecule has 15 heteroatoms. The van der Waals surface area contributed by atoms with Gasteiger partial charge in [-0.2, -0.15) is 0 Å². The Hall–Kier alpha value is -2.29. The molecule has 10 nitrogen and oxygen atoms in total. The molecule has 1 aromatic heterocycles. The van der Waals surface area contributed by atoms with Gasteiger partial charge in [0.1, 0.15) is 17.1 Å². The number of carbonyl (C=O) groups is 4. The molecule has 0 spiro atoms. The zero-order chi connectivity index (χ0) is 25.3. The number of nitrogens with one attached hydrogen (secondary N) is 2. The number of amides is 3. The molecule has 0 radical (unpaired) electrons. The lowest BCUT2D eigenvalue weighted by Crippen LogP contribution is -2.70. The molecule has 3 heterocycles. The van der Waals surface area contributed by atoms with Crippen molar-refractivity contribution in [1.29, 1.82) is 0 Å². The first-order valence-electron chi connectivity index (χ1n) is 9.94. The summed E-state index contributed by atoms with van der Waals surface area (Å²) in [6, 6.07) is 4.18. The van der Waals surface area contributed by atoms with Crippen LogP contribution in [0, 0.1) is 0 Å². The topological polar surface area (TPSA) is 155 Å². The van der Waals surface area contributed by atoms with Crippen LogP contribution in [0.25, 0.3) is 5.57 Å². The minimum atomic E-state index is -1.26. The number of β-lactam (4-membered cyclic amide) rings is 1. The number of carboxylic acids is 1. The van der Waals surface area contributed by atoms with Crippen molar-refractivity contribution < 1.29 is 24.3 Å². The molecule has 2 aliphatic heterocycles. The van der Waals surface area contributed by atoms with Gasteiger partial charge in [0.05, 0.1) is 27.2 Å². The number of nitrogens with zero attached hydrogens (tertiary/aromatic N) is 2. The lowest BCUT2D eigenvalue weighted by molar-refractivity contribution is -0.150. The number of nitrogens with two attached hydrogens (primary N) is 1. The Labute approximate surface area is 221 Å². The van der Waals surface area contributed by atoms with Crippen LogP contribution >= 0.6 is 58.1 Å². The van der Waals surface area contributed by atoms with E-state index in [1.54, 1.807) is 18.2 Å². The Morgan fingerprint density at radius 2 is 2.03 bits per heavy atom. The van der Waals surface area contributed by atoms with Gasteiger partial charge in [-0.15, -0.1) is 23.5 Å². The smallest absolute Gasteiger partial charge is 0.353 e. The van der Waals surface area contributed by atoms with Crippen LogP contribution in [0.2, 0.25) is 10.0 Å². The van der Waals surface area contributed by atoms with Crippen molar-refractivity contribution >= 4 is 92.5 Å². The number of halogens is 2. The van der Waals surface area contributed by atoms with Crippen LogP contribution in [-0.4, -0.2) is 68.1 Å². The number of thiazole rings is 1. The normalized spacial score (nSPS) is 19.2. The third-order valence-electron chi connectivity index (χ3n) is 4.98. The number of anilines is 1. The minimum absolute atomic E-state index is 0.0458. The summed E-state index contributed by atoms with van der Waals surface area (Å²) in [5.74, 6) is -2.23. The summed E-state index contributed by atoms with van der Waals surface area (Å²) in [5, 5.41) is 15.6. The fourth-order valence-corrected chi connectivity index (χ4v) is 6.82. The summed E-state index contributed by atoms with van der Waals surface area (Å²) < 4.78 is 0. The quantitative estimate of drug-likeness (QED) is 0.275. The standard InChI is InChI=1S/C20H17Cl2N5O5S3/c21-10-2-1-8(3-11(10)22)33-7-14(29)25-15-17(30)27-16(19(31)32)9(6-34-18(15)27)12-5-24-20(35-12)26-13(28)4-23/h1-3,5,15,18H,4,6-7,23H2,(H,25,29)(H,31,32)(H,24,26,28). The number of fused-ring (bicyclic) bond motifs is 1. The number of carboxylic acid groups (broad SMARTS) is 1. The number of hydrogen-bond donors (Lipinski definition) is 4. The van der Waals surface area contributed by atoms with Gasteiger partial charge in [-0.3, -0.25) is 19.3 Å². The first-order valence-corrected chi connectivity index (χ1v) is 13.5. The molecule has 2 atom stereocenters. The summed E-state index contributed by atoms with van der Waals surface area (Å²) in [7, 11) is 0. The Morgan fingerprint density at radius 1 is 1.26 bits per heavy atom. The van der Waals surface area contributed by atoms with Gasteiger partial charge in [0.2, 0.25) is 11.8 Å². The second kappa shape index (κ2) is 10.8. The maximum Gasteiger partial charge on any atom is 0.353 e. The van der Waals surface area contributed by atoms with E-state index in [-0.39, 0.29) is 34.8 Å². The molecule has 0 saturated carbocycles. The summed E-state index contributed by atoms with van der Waals surface area (Å²) in [4.78, 5) is 55.4. The van der Waals surface area contributed by atoms with Gasteiger partial charge in [0, 0.05) is 22.4 Å². The van der Waals surface area contributed by atoms with E-state index in [0.29, 0.717) is 20.5 Å². The zero-order valence-electron chi connectivity index (χ0n) is 17.6. The second-order valence-corrected chi connectivity index (χ2v) is 11.2. The van der Waals surface area contributed by atoms with Crippen LogP contribution in [0.1, 0.15) is 4.88 Å². The molecule has 4 rings (SSSR count). The number of benzene rings is 1. The van der Waals surface area contributed by atoms with Crippen LogP contribution < -0.4 is 16.4 Å². The molecule has 35 heavy (non-hydrogen) atoms. The number of carbonyl (C=O) groups excluding carboxylic acids is 3. The molecule has 1 aromatic carbocycles. The molecule has 184 valence electrons. The Balaban J connectivity index is 1.43. The predicted octanol–water partition coefficient (Wildman–Crippen LogP) is 2.34. The van der Waals surface area contributed by atoms with Crippen LogP contribution in [0.5, 0.6) is 0 Å².